The molecule has 1 amide bonds. The molecular formula is C16H31N3O. The van der Waals surface area contributed by atoms with Crippen LogP contribution in [0.2, 0.25) is 0 Å². The summed E-state index contributed by atoms with van der Waals surface area (Å²) in [5.74, 6) is 1.16. The Morgan fingerprint density at radius 1 is 1.15 bits per heavy atom. The standard InChI is InChI=1S/C16H31N3O/c1-13-4-6-15(7-5-13)18(3)16(20)12-19-10-8-14(17-2)9-11-19/h13-15,17H,4-12H2,1-3H3. The Morgan fingerprint density at radius 2 is 1.75 bits per heavy atom. The lowest BCUT2D eigenvalue weighted by Crippen LogP contribution is -2.48. The lowest BCUT2D eigenvalue weighted by molar-refractivity contribution is -0.134. The highest BCUT2D eigenvalue weighted by atomic mass is 16.2. The van der Waals surface area contributed by atoms with E-state index in [2.05, 4.69) is 17.1 Å². The van der Waals surface area contributed by atoms with Crippen molar-refractivity contribution >= 4 is 5.91 Å². The minimum Gasteiger partial charge on any atom is -0.342 e. The Hall–Kier alpha value is -0.610. The van der Waals surface area contributed by atoms with Crippen LogP contribution >= 0.6 is 0 Å². The van der Waals surface area contributed by atoms with E-state index in [0.717, 1.165) is 31.8 Å². The minimum atomic E-state index is 0.312. The third kappa shape index (κ3) is 4.19. The number of carbonyl (C=O) groups is 1. The summed E-state index contributed by atoms with van der Waals surface area (Å²) in [5, 5.41) is 3.33. The summed E-state index contributed by atoms with van der Waals surface area (Å²) < 4.78 is 0. The fourth-order valence-electron chi connectivity index (χ4n) is 3.52. The van der Waals surface area contributed by atoms with E-state index in [1.165, 1.54) is 25.7 Å². The summed E-state index contributed by atoms with van der Waals surface area (Å²) in [6.07, 6.45) is 7.24. The summed E-state index contributed by atoms with van der Waals surface area (Å²) in [7, 11) is 4.03. The molecule has 0 atom stereocenters. The summed E-state index contributed by atoms with van der Waals surface area (Å²) in [6, 6.07) is 1.12. The molecule has 1 aliphatic carbocycles. The fourth-order valence-corrected chi connectivity index (χ4v) is 3.52. The van der Waals surface area contributed by atoms with E-state index in [1.54, 1.807) is 0 Å². The highest BCUT2D eigenvalue weighted by Crippen LogP contribution is 2.26. The van der Waals surface area contributed by atoms with Crippen molar-refractivity contribution < 1.29 is 4.79 Å². The van der Waals surface area contributed by atoms with E-state index in [-0.39, 0.29) is 0 Å². The van der Waals surface area contributed by atoms with E-state index in [0.29, 0.717) is 24.5 Å². The fraction of sp³-hybridized carbons (Fsp3) is 0.938. The molecule has 2 fully saturated rings. The topological polar surface area (TPSA) is 35.6 Å². The van der Waals surface area contributed by atoms with Crippen molar-refractivity contribution in [2.75, 3.05) is 33.7 Å². The SMILES string of the molecule is CNC1CCN(CC(=O)N(C)C2CCC(C)CC2)CC1. The van der Waals surface area contributed by atoms with Gasteiger partial charge in [0.1, 0.15) is 0 Å². The normalized spacial score (nSPS) is 29.4. The largest absolute Gasteiger partial charge is 0.342 e. The molecule has 1 saturated carbocycles. The first-order valence-electron chi connectivity index (χ1n) is 8.25. The number of nitrogens with one attached hydrogen (secondary N) is 1. The molecule has 0 unspecified atom stereocenters. The van der Waals surface area contributed by atoms with Crippen molar-refractivity contribution in [2.24, 2.45) is 5.92 Å². The Balaban J connectivity index is 1.74. The molecule has 4 heteroatoms. The van der Waals surface area contributed by atoms with Crippen LogP contribution in [-0.2, 0) is 4.79 Å². The molecule has 0 radical (unpaired) electrons. The van der Waals surface area contributed by atoms with Gasteiger partial charge >= 0.3 is 0 Å². The van der Waals surface area contributed by atoms with Crippen LogP contribution in [0.3, 0.4) is 0 Å². The van der Waals surface area contributed by atoms with Crippen LogP contribution < -0.4 is 5.32 Å². The van der Waals surface area contributed by atoms with Gasteiger partial charge in [0.05, 0.1) is 6.54 Å². The van der Waals surface area contributed by atoms with Gasteiger partial charge in [-0.25, -0.2) is 0 Å². The predicted molar refractivity (Wildman–Crippen MR) is 82.7 cm³/mol. The Labute approximate surface area is 123 Å². The van der Waals surface area contributed by atoms with Gasteiger partial charge in [0.15, 0.2) is 0 Å². The molecule has 0 aromatic heterocycles. The van der Waals surface area contributed by atoms with Crippen LogP contribution in [0.15, 0.2) is 0 Å². The molecule has 4 nitrogen and oxygen atoms in total. The molecule has 0 aromatic carbocycles. The van der Waals surface area contributed by atoms with Crippen molar-refractivity contribution in [3.63, 3.8) is 0 Å². The van der Waals surface area contributed by atoms with Gasteiger partial charge in [-0.15, -0.1) is 0 Å². The van der Waals surface area contributed by atoms with E-state index >= 15 is 0 Å². The van der Waals surface area contributed by atoms with Crippen molar-refractivity contribution in [1.82, 2.24) is 15.1 Å². The zero-order valence-electron chi connectivity index (χ0n) is 13.4. The summed E-state index contributed by atoms with van der Waals surface area (Å²) in [5.41, 5.74) is 0. The Morgan fingerprint density at radius 3 is 2.30 bits per heavy atom. The van der Waals surface area contributed by atoms with Gasteiger partial charge in [-0.2, -0.15) is 0 Å². The number of likely N-dealkylation sites (tertiary alicyclic amines) is 1. The van der Waals surface area contributed by atoms with Gasteiger partial charge in [-0.1, -0.05) is 6.92 Å². The van der Waals surface area contributed by atoms with Gasteiger partial charge in [0.25, 0.3) is 0 Å². The van der Waals surface area contributed by atoms with Crippen LogP contribution in [0.1, 0.15) is 45.4 Å². The Bertz CT molecular complexity index is 305. The molecule has 2 rings (SSSR count). The zero-order chi connectivity index (χ0) is 14.5. The first-order chi connectivity index (χ1) is 9.60. The molecule has 1 heterocycles. The molecule has 0 spiro atoms. The van der Waals surface area contributed by atoms with E-state index in [9.17, 15) is 4.79 Å². The van der Waals surface area contributed by atoms with Gasteiger partial charge in [0, 0.05) is 32.2 Å². The van der Waals surface area contributed by atoms with Gasteiger partial charge in [0.2, 0.25) is 5.91 Å². The average Bonchev–Trinajstić information content (AvgIpc) is 2.48. The van der Waals surface area contributed by atoms with E-state index in [1.807, 2.05) is 19.0 Å². The van der Waals surface area contributed by atoms with Crippen LogP contribution in [0, 0.1) is 5.92 Å². The van der Waals surface area contributed by atoms with E-state index < -0.39 is 0 Å². The zero-order valence-corrected chi connectivity index (χ0v) is 13.4. The van der Waals surface area contributed by atoms with Gasteiger partial charge in [-0.3, -0.25) is 9.69 Å². The lowest BCUT2D eigenvalue weighted by Gasteiger charge is -2.36. The van der Waals surface area contributed by atoms with Crippen molar-refractivity contribution in [3.8, 4) is 0 Å². The molecule has 20 heavy (non-hydrogen) atoms. The number of carbonyl (C=O) groups excluding carboxylic acids is 1. The molecular weight excluding hydrogens is 250 g/mol. The number of piperidine rings is 1. The van der Waals surface area contributed by atoms with Crippen molar-refractivity contribution in [2.45, 2.75) is 57.5 Å². The molecule has 1 aliphatic heterocycles. The van der Waals surface area contributed by atoms with E-state index in [4.69, 9.17) is 0 Å². The molecule has 0 bridgehead atoms. The second kappa shape index (κ2) is 7.41. The quantitative estimate of drug-likeness (QED) is 0.852. The maximum atomic E-state index is 12.4. The predicted octanol–water partition coefficient (Wildman–Crippen LogP) is 1.71. The second-order valence-corrected chi connectivity index (χ2v) is 6.76. The molecule has 116 valence electrons. The van der Waals surface area contributed by atoms with Crippen molar-refractivity contribution in [3.05, 3.63) is 0 Å². The maximum Gasteiger partial charge on any atom is 0.236 e. The van der Waals surface area contributed by atoms with Crippen LogP contribution in [0.5, 0.6) is 0 Å². The van der Waals surface area contributed by atoms with Crippen molar-refractivity contribution in [1.29, 1.82) is 0 Å². The molecule has 1 saturated heterocycles. The summed E-state index contributed by atoms with van der Waals surface area (Å²) in [6.45, 7) is 5.03. The number of hydrogen-bond donors (Lipinski definition) is 1. The summed E-state index contributed by atoms with van der Waals surface area (Å²) in [4.78, 5) is 16.8. The summed E-state index contributed by atoms with van der Waals surface area (Å²) >= 11 is 0. The molecule has 2 aliphatic rings. The van der Waals surface area contributed by atoms with Crippen LogP contribution in [-0.4, -0.2) is 61.5 Å². The number of nitrogens with zero attached hydrogens (tertiary/aromatic N) is 2. The first-order valence-corrected chi connectivity index (χ1v) is 8.25. The van der Waals surface area contributed by atoms with Crippen LogP contribution in [0.4, 0.5) is 0 Å². The number of amides is 1. The average molecular weight is 281 g/mol. The lowest BCUT2D eigenvalue weighted by atomic mass is 9.87. The number of rotatable bonds is 4. The molecule has 0 aromatic rings. The maximum absolute atomic E-state index is 12.4. The third-order valence-corrected chi connectivity index (χ3v) is 5.28. The smallest absolute Gasteiger partial charge is 0.236 e. The second-order valence-electron chi connectivity index (χ2n) is 6.76. The first kappa shape index (κ1) is 15.8. The highest BCUT2D eigenvalue weighted by Gasteiger charge is 2.26. The Kier molecular flexibility index (Phi) is 5.85. The van der Waals surface area contributed by atoms with Gasteiger partial charge in [-0.05, 0) is 51.5 Å². The number of likely N-dealkylation sites (N-methyl/N-ethyl adjacent to an activating group) is 1. The monoisotopic (exact) mass is 281 g/mol. The van der Waals surface area contributed by atoms with Crippen LogP contribution in [0.25, 0.3) is 0 Å². The highest BCUT2D eigenvalue weighted by molar-refractivity contribution is 5.78. The third-order valence-electron chi connectivity index (χ3n) is 5.28. The number of hydrogen-bond acceptors (Lipinski definition) is 3. The minimum absolute atomic E-state index is 0.312. The molecule has 1 N–H and O–H groups in total. The van der Waals surface area contributed by atoms with Gasteiger partial charge < -0.3 is 10.2 Å².